The quantitative estimate of drug-likeness (QED) is 0.422. The summed E-state index contributed by atoms with van der Waals surface area (Å²) in [6, 6.07) is 20.2. The maximum absolute atomic E-state index is 13.4. The Balaban J connectivity index is 1.27. The normalized spacial score (nSPS) is 14.7. The highest BCUT2D eigenvalue weighted by Gasteiger charge is 2.20. The van der Waals surface area contributed by atoms with Crippen molar-refractivity contribution < 1.29 is 9.18 Å². The van der Waals surface area contributed by atoms with Crippen molar-refractivity contribution in [2.75, 3.05) is 37.6 Å². The first-order valence-corrected chi connectivity index (χ1v) is 11.0. The van der Waals surface area contributed by atoms with Gasteiger partial charge in [0.1, 0.15) is 11.6 Å². The lowest BCUT2D eigenvalue weighted by Gasteiger charge is -2.35. The lowest BCUT2D eigenvalue weighted by molar-refractivity contribution is 0.0964. The van der Waals surface area contributed by atoms with Gasteiger partial charge in [0.25, 0.3) is 0 Å². The number of nitrogens with zero attached hydrogens (tertiary/aromatic N) is 4. The van der Waals surface area contributed by atoms with E-state index >= 15 is 0 Å². The Hall–Kier alpha value is -3.51. The van der Waals surface area contributed by atoms with Crippen LogP contribution in [-0.4, -0.2) is 53.0 Å². The highest BCUT2D eigenvalue weighted by Crippen LogP contribution is 2.26. The van der Waals surface area contributed by atoms with Crippen LogP contribution in [0.4, 0.5) is 10.2 Å². The predicted molar refractivity (Wildman–Crippen MR) is 125 cm³/mol. The molecule has 0 saturated carbocycles. The van der Waals surface area contributed by atoms with Crippen LogP contribution in [0.1, 0.15) is 16.8 Å². The Bertz CT molecular complexity index is 1210. The van der Waals surface area contributed by atoms with Gasteiger partial charge in [-0.2, -0.15) is 0 Å². The van der Waals surface area contributed by atoms with Crippen molar-refractivity contribution in [3.05, 3.63) is 90.5 Å². The molecule has 0 amide bonds. The summed E-state index contributed by atoms with van der Waals surface area (Å²) < 4.78 is 15.3. The fourth-order valence-corrected chi connectivity index (χ4v) is 4.35. The van der Waals surface area contributed by atoms with Gasteiger partial charge in [-0.15, -0.1) is 0 Å². The third kappa shape index (κ3) is 4.14. The molecule has 4 aromatic rings. The van der Waals surface area contributed by atoms with Gasteiger partial charge in [0, 0.05) is 68.2 Å². The van der Waals surface area contributed by atoms with Crippen molar-refractivity contribution >= 4 is 22.5 Å². The number of pyridine rings is 1. The molecule has 162 valence electrons. The number of piperazine rings is 1. The molecular weight excluding hydrogens is 403 g/mol. The standard InChI is InChI=1S/C26H25FN4O/c27-20-8-10-21(11-9-20)31-19-23(22-5-1-2-6-24(22)31)25(32)12-14-29-15-17-30(18-16-29)26-7-3-4-13-28-26/h1-11,13,19H,12,14-18H2. The van der Waals surface area contributed by atoms with E-state index in [0.717, 1.165) is 60.7 Å². The first-order valence-electron chi connectivity index (χ1n) is 11.0. The number of hydrogen-bond donors (Lipinski definition) is 0. The highest BCUT2D eigenvalue weighted by molar-refractivity contribution is 6.08. The van der Waals surface area contributed by atoms with Gasteiger partial charge < -0.3 is 9.47 Å². The average Bonchev–Trinajstić information content (AvgIpc) is 3.24. The summed E-state index contributed by atoms with van der Waals surface area (Å²) in [6.45, 7) is 4.40. The maximum Gasteiger partial charge on any atom is 0.166 e. The second kappa shape index (κ2) is 8.93. The number of carbonyl (C=O) groups is 1. The SMILES string of the molecule is O=C(CCN1CCN(c2ccccn2)CC1)c1cn(-c2ccc(F)cc2)c2ccccc12. The number of carbonyl (C=O) groups excluding carboxylic acids is 1. The van der Waals surface area contributed by atoms with E-state index < -0.39 is 0 Å². The van der Waals surface area contributed by atoms with Gasteiger partial charge in [-0.3, -0.25) is 9.69 Å². The van der Waals surface area contributed by atoms with Crippen LogP contribution in [0.3, 0.4) is 0 Å². The van der Waals surface area contributed by atoms with Crippen molar-refractivity contribution in [3.63, 3.8) is 0 Å². The molecule has 3 heterocycles. The first kappa shape index (κ1) is 20.4. The van der Waals surface area contributed by atoms with Crippen molar-refractivity contribution in [1.29, 1.82) is 0 Å². The van der Waals surface area contributed by atoms with Gasteiger partial charge in [0.05, 0.1) is 5.52 Å². The van der Waals surface area contributed by atoms with Crippen LogP contribution in [0, 0.1) is 5.82 Å². The Labute approximate surface area is 186 Å². The molecule has 1 aliphatic rings. The molecule has 5 rings (SSSR count). The van der Waals surface area contributed by atoms with E-state index in [0.29, 0.717) is 6.42 Å². The minimum Gasteiger partial charge on any atom is -0.354 e. The molecule has 0 N–H and O–H groups in total. The van der Waals surface area contributed by atoms with Crippen molar-refractivity contribution in [1.82, 2.24) is 14.5 Å². The van der Waals surface area contributed by atoms with E-state index in [1.54, 1.807) is 12.1 Å². The number of benzene rings is 2. The molecule has 1 aliphatic heterocycles. The van der Waals surface area contributed by atoms with E-state index in [4.69, 9.17) is 0 Å². The molecule has 0 bridgehead atoms. The summed E-state index contributed by atoms with van der Waals surface area (Å²) in [6.07, 6.45) is 4.18. The molecular formula is C26H25FN4O. The summed E-state index contributed by atoms with van der Waals surface area (Å²) in [5.41, 5.74) is 2.51. The van der Waals surface area contributed by atoms with Crippen LogP contribution >= 0.6 is 0 Å². The largest absolute Gasteiger partial charge is 0.354 e. The van der Waals surface area contributed by atoms with Gasteiger partial charge in [-0.25, -0.2) is 9.37 Å². The molecule has 1 saturated heterocycles. The number of ketones is 1. The van der Waals surface area contributed by atoms with E-state index in [9.17, 15) is 9.18 Å². The number of halogens is 1. The molecule has 6 heteroatoms. The van der Waals surface area contributed by atoms with Crippen LogP contribution in [0.2, 0.25) is 0 Å². The lowest BCUT2D eigenvalue weighted by atomic mass is 10.1. The minimum absolute atomic E-state index is 0.134. The van der Waals surface area contributed by atoms with Gasteiger partial charge >= 0.3 is 0 Å². The van der Waals surface area contributed by atoms with Crippen LogP contribution in [-0.2, 0) is 0 Å². The zero-order valence-electron chi connectivity index (χ0n) is 17.8. The smallest absolute Gasteiger partial charge is 0.166 e. The predicted octanol–water partition coefficient (Wildman–Crippen LogP) is 4.56. The minimum atomic E-state index is -0.273. The summed E-state index contributed by atoms with van der Waals surface area (Å²) in [7, 11) is 0. The second-order valence-corrected chi connectivity index (χ2v) is 8.10. The van der Waals surface area contributed by atoms with Crippen molar-refractivity contribution in [3.8, 4) is 5.69 Å². The number of anilines is 1. The Morgan fingerprint density at radius 1 is 0.906 bits per heavy atom. The van der Waals surface area contributed by atoms with Crippen molar-refractivity contribution in [2.24, 2.45) is 0 Å². The zero-order valence-corrected chi connectivity index (χ0v) is 17.8. The summed E-state index contributed by atoms with van der Waals surface area (Å²) in [5, 5.41) is 0.932. The molecule has 0 atom stereocenters. The van der Waals surface area contributed by atoms with Crippen LogP contribution < -0.4 is 4.90 Å². The van der Waals surface area contributed by atoms with E-state index in [-0.39, 0.29) is 11.6 Å². The number of rotatable bonds is 6. The average molecular weight is 429 g/mol. The number of fused-ring (bicyclic) bond motifs is 1. The third-order valence-corrected chi connectivity index (χ3v) is 6.12. The third-order valence-electron chi connectivity index (χ3n) is 6.12. The number of Topliss-reactive ketones (excluding diaryl/α,β-unsaturated/α-hetero) is 1. The summed E-state index contributed by atoms with van der Waals surface area (Å²) >= 11 is 0. The fourth-order valence-electron chi connectivity index (χ4n) is 4.35. The van der Waals surface area contributed by atoms with Crippen LogP contribution in [0.15, 0.2) is 79.1 Å². The Morgan fingerprint density at radius 2 is 1.66 bits per heavy atom. The molecule has 0 unspecified atom stereocenters. The highest BCUT2D eigenvalue weighted by atomic mass is 19.1. The summed E-state index contributed by atoms with van der Waals surface area (Å²) in [4.78, 5) is 22.2. The Kier molecular flexibility index (Phi) is 5.69. The number of para-hydroxylation sites is 1. The van der Waals surface area contributed by atoms with Crippen LogP contribution in [0.5, 0.6) is 0 Å². The van der Waals surface area contributed by atoms with Gasteiger partial charge in [-0.05, 0) is 42.5 Å². The van der Waals surface area contributed by atoms with Crippen molar-refractivity contribution in [2.45, 2.75) is 6.42 Å². The van der Waals surface area contributed by atoms with E-state index in [2.05, 4.69) is 14.8 Å². The number of hydrogen-bond acceptors (Lipinski definition) is 4. The van der Waals surface area contributed by atoms with E-state index in [1.807, 2.05) is 59.4 Å². The molecule has 1 fully saturated rings. The fraction of sp³-hybridized carbons (Fsp3) is 0.231. The monoisotopic (exact) mass is 428 g/mol. The van der Waals surface area contributed by atoms with Gasteiger partial charge in [0.15, 0.2) is 5.78 Å². The molecule has 5 nitrogen and oxygen atoms in total. The van der Waals surface area contributed by atoms with E-state index in [1.165, 1.54) is 12.1 Å². The van der Waals surface area contributed by atoms with Gasteiger partial charge in [-0.1, -0.05) is 24.3 Å². The topological polar surface area (TPSA) is 41.4 Å². The molecule has 0 spiro atoms. The lowest BCUT2D eigenvalue weighted by Crippen LogP contribution is -2.47. The Morgan fingerprint density at radius 3 is 2.41 bits per heavy atom. The first-order chi connectivity index (χ1) is 15.7. The second-order valence-electron chi connectivity index (χ2n) is 8.10. The molecule has 2 aromatic heterocycles. The molecule has 0 aliphatic carbocycles. The zero-order chi connectivity index (χ0) is 21.9. The number of aromatic nitrogens is 2. The summed E-state index contributed by atoms with van der Waals surface area (Å²) in [5.74, 6) is 0.871. The van der Waals surface area contributed by atoms with Crippen LogP contribution in [0.25, 0.3) is 16.6 Å². The van der Waals surface area contributed by atoms with Gasteiger partial charge in [0.2, 0.25) is 0 Å². The molecule has 0 radical (unpaired) electrons. The molecule has 32 heavy (non-hydrogen) atoms. The maximum atomic E-state index is 13.4. The molecule has 2 aromatic carbocycles.